The highest BCUT2D eigenvalue weighted by molar-refractivity contribution is 5.90. The molecule has 2 amide bonds. The average molecular weight is 356 g/mol. The molecule has 1 N–H and O–H groups in total. The number of hydrogen-bond acceptors (Lipinski definition) is 6. The van der Waals surface area contributed by atoms with Gasteiger partial charge in [0.1, 0.15) is 24.0 Å². The molecule has 1 saturated heterocycles. The van der Waals surface area contributed by atoms with Gasteiger partial charge in [-0.05, 0) is 40.0 Å². The van der Waals surface area contributed by atoms with Crippen LogP contribution in [0, 0.1) is 0 Å². The summed E-state index contributed by atoms with van der Waals surface area (Å²) in [6.07, 6.45) is 1.46. The number of amides is 2. The Balaban J connectivity index is 2.93. The molecule has 25 heavy (non-hydrogen) atoms. The molecule has 0 radical (unpaired) electrons. The van der Waals surface area contributed by atoms with Gasteiger partial charge in [-0.2, -0.15) is 0 Å². The van der Waals surface area contributed by atoms with Crippen molar-refractivity contribution < 1.29 is 28.7 Å². The Morgan fingerprint density at radius 3 is 2.40 bits per heavy atom. The molecule has 1 fully saturated rings. The number of esters is 1. The minimum absolute atomic E-state index is 0.141. The summed E-state index contributed by atoms with van der Waals surface area (Å²) in [6, 6.07) is -1.95. The molecule has 0 spiro atoms. The maximum Gasteiger partial charge on any atom is 0.408 e. The van der Waals surface area contributed by atoms with Gasteiger partial charge in [-0.1, -0.05) is 6.92 Å². The molecule has 0 aromatic carbocycles. The first kappa shape index (κ1) is 20.9. The molecule has 1 aliphatic heterocycles. The van der Waals surface area contributed by atoms with Crippen molar-refractivity contribution in [3.63, 3.8) is 0 Å². The third-order valence-corrected chi connectivity index (χ3v) is 4.00. The van der Waals surface area contributed by atoms with Gasteiger partial charge in [0, 0.05) is 12.5 Å². The predicted octanol–water partition coefficient (Wildman–Crippen LogP) is 1.41. The Labute approximate surface area is 148 Å². The van der Waals surface area contributed by atoms with Crippen LogP contribution in [0.5, 0.6) is 0 Å². The SMILES string of the molecule is CC[C@H](NC(=O)OC(C)(C)C)C(=O)N1C(CC=O)CC[C@H]1C(=O)OC. The zero-order chi connectivity index (χ0) is 19.2. The summed E-state index contributed by atoms with van der Waals surface area (Å²) in [5, 5.41) is 2.55. The van der Waals surface area contributed by atoms with E-state index in [1.165, 1.54) is 12.0 Å². The van der Waals surface area contributed by atoms with Gasteiger partial charge in [-0.25, -0.2) is 9.59 Å². The van der Waals surface area contributed by atoms with E-state index in [2.05, 4.69) is 5.32 Å². The van der Waals surface area contributed by atoms with Gasteiger partial charge in [0.2, 0.25) is 5.91 Å². The fraction of sp³-hybridized carbons (Fsp3) is 0.765. The summed E-state index contributed by atoms with van der Waals surface area (Å²) < 4.78 is 9.95. The topological polar surface area (TPSA) is 102 Å². The summed E-state index contributed by atoms with van der Waals surface area (Å²) in [4.78, 5) is 49.2. The normalized spacial score (nSPS) is 21.4. The summed E-state index contributed by atoms with van der Waals surface area (Å²) in [5.41, 5.74) is -0.687. The van der Waals surface area contributed by atoms with E-state index in [0.29, 0.717) is 19.3 Å². The number of carbonyl (C=O) groups is 4. The molecule has 0 aliphatic carbocycles. The number of hydrogen-bond donors (Lipinski definition) is 1. The first-order chi connectivity index (χ1) is 11.6. The standard InChI is InChI=1S/C17H28N2O6/c1-6-12(18-16(23)25-17(2,3)4)14(21)19-11(9-10-20)7-8-13(19)15(22)24-5/h10-13H,6-9H2,1-5H3,(H,18,23)/t11?,12-,13-/m0/s1. The van der Waals surface area contributed by atoms with Crippen LogP contribution in [-0.2, 0) is 23.9 Å². The second kappa shape index (κ2) is 8.82. The van der Waals surface area contributed by atoms with Crippen LogP contribution in [0.2, 0.25) is 0 Å². The van der Waals surface area contributed by atoms with Gasteiger partial charge in [0.05, 0.1) is 7.11 Å². The van der Waals surface area contributed by atoms with E-state index >= 15 is 0 Å². The van der Waals surface area contributed by atoms with Crippen LogP contribution in [0.3, 0.4) is 0 Å². The minimum Gasteiger partial charge on any atom is -0.467 e. The number of aldehydes is 1. The van der Waals surface area contributed by atoms with Crippen LogP contribution in [-0.4, -0.2) is 60.0 Å². The molecule has 0 aromatic heterocycles. The molecule has 3 atom stereocenters. The third kappa shape index (κ3) is 5.72. The van der Waals surface area contributed by atoms with Crippen LogP contribution in [0.4, 0.5) is 4.79 Å². The Morgan fingerprint density at radius 1 is 1.28 bits per heavy atom. The van der Waals surface area contributed by atoms with Gasteiger partial charge >= 0.3 is 12.1 Å². The van der Waals surface area contributed by atoms with Crippen LogP contribution < -0.4 is 5.32 Å². The maximum atomic E-state index is 12.9. The Bertz CT molecular complexity index is 514. The predicted molar refractivity (Wildman–Crippen MR) is 89.8 cm³/mol. The lowest BCUT2D eigenvalue weighted by Crippen LogP contribution is -2.54. The number of alkyl carbamates (subject to hydrolysis) is 1. The number of methoxy groups -OCH3 is 1. The second-order valence-electron chi connectivity index (χ2n) is 7.03. The summed E-state index contributed by atoms with van der Waals surface area (Å²) in [6.45, 7) is 6.92. The molecule has 1 rings (SSSR count). The number of likely N-dealkylation sites (tertiary alicyclic amines) is 1. The number of rotatable bonds is 6. The highest BCUT2D eigenvalue weighted by Crippen LogP contribution is 2.28. The van der Waals surface area contributed by atoms with Crippen molar-refractivity contribution >= 4 is 24.3 Å². The van der Waals surface area contributed by atoms with Crippen molar-refractivity contribution in [3.8, 4) is 0 Å². The van der Waals surface area contributed by atoms with Crippen molar-refractivity contribution in [2.45, 2.75) is 77.1 Å². The van der Waals surface area contributed by atoms with Gasteiger partial charge < -0.3 is 24.5 Å². The third-order valence-electron chi connectivity index (χ3n) is 4.00. The monoisotopic (exact) mass is 356 g/mol. The van der Waals surface area contributed by atoms with Crippen LogP contribution in [0.1, 0.15) is 53.4 Å². The quantitative estimate of drug-likeness (QED) is 0.570. The number of carbonyl (C=O) groups excluding carboxylic acids is 4. The van der Waals surface area contributed by atoms with Gasteiger partial charge in [0.25, 0.3) is 0 Å². The fourth-order valence-corrected chi connectivity index (χ4v) is 2.89. The molecule has 142 valence electrons. The van der Waals surface area contributed by atoms with Crippen LogP contribution in [0.15, 0.2) is 0 Å². The highest BCUT2D eigenvalue weighted by atomic mass is 16.6. The van der Waals surface area contributed by atoms with Crippen molar-refractivity contribution in [2.24, 2.45) is 0 Å². The van der Waals surface area contributed by atoms with E-state index in [1.807, 2.05) is 0 Å². The van der Waals surface area contributed by atoms with E-state index < -0.39 is 35.7 Å². The molecule has 0 saturated carbocycles. The average Bonchev–Trinajstić information content (AvgIpc) is 2.93. The molecule has 0 aromatic rings. The smallest absolute Gasteiger partial charge is 0.408 e. The first-order valence-electron chi connectivity index (χ1n) is 8.47. The lowest BCUT2D eigenvalue weighted by molar-refractivity contribution is -0.153. The van der Waals surface area contributed by atoms with Crippen molar-refractivity contribution in [1.29, 1.82) is 0 Å². The number of ether oxygens (including phenoxy) is 2. The van der Waals surface area contributed by atoms with Crippen molar-refractivity contribution in [2.75, 3.05) is 7.11 Å². The van der Waals surface area contributed by atoms with E-state index in [4.69, 9.17) is 9.47 Å². The second-order valence-corrected chi connectivity index (χ2v) is 7.03. The molecule has 0 bridgehead atoms. The molecule has 1 heterocycles. The maximum absolute atomic E-state index is 12.9. The van der Waals surface area contributed by atoms with Gasteiger partial charge in [-0.3, -0.25) is 4.79 Å². The highest BCUT2D eigenvalue weighted by Gasteiger charge is 2.43. The summed E-state index contributed by atoms with van der Waals surface area (Å²) in [5.74, 6) is -0.929. The van der Waals surface area contributed by atoms with Crippen LogP contribution >= 0.6 is 0 Å². The summed E-state index contributed by atoms with van der Waals surface area (Å²) >= 11 is 0. The molecule has 1 unspecified atom stereocenters. The minimum atomic E-state index is -0.839. The van der Waals surface area contributed by atoms with Crippen LogP contribution in [0.25, 0.3) is 0 Å². The Hall–Kier alpha value is -2.12. The van der Waals surface area contributed by atoms with E-state index in [1.54, 1.807) is 27.7 Å². The van der Waals surface area contributed by atoms with Crippen molar-refractivity contribution in [1.82, 2.24) is 10.2 Å². The summed E-state index contributed by atoms with van der Waals surface area (Å²) in [7, 11) is 1.26. The first-order valence-corrected chi connectivity index (χ1v) is 8.47. The molecule has 8 heteroatoms. The molecule has 8 nitrogen and oxygen atoms in total. The van der Waals surface area contributed by atoms with E-state index in [0.717, 1.165) is 6.29 Å². The number of nitrogens with zero attached hydrogens (tertiary/aromatic N) is 1. The Kier molecular flexibility index (Phi) is 7.38. The van der Waals surface area contributed by atoms with Crippen molar-refractivity contribution in [3.05, 3.63) is 0 Å². The lowest BCUT2D eigenvalue weighted by atomic mass is 10.1. The number of nitrogens with one attached hydrogen (secondary N) is 1. The van der Waals surface area contributed by atoms with Gasteiger partial charge in [0.15, 0.2) is 0 Å². The zero-order valence-corrected chi connectivity index (χ0v) is 15.5. The fourth-order valence-electron chi connectivity index (χ4n) is 2.89. The van der Waals surface area contributed by atoms with E-state index in [-0.39, 0.29) is 12.5 Å². The van der Waals surface area contributed by atoms with E-state index in [9.17, 15) is 19.2 Å². The zero-order valence-electron chi connectivity index (χ0n) is 15.5. The Morgan fingerprint density at radius 2 is 1.92 bits per heavy atom. The lowest BCUT2D eigenvalue weighted by Gasteiger charge is -2.32. The largest absolute Gasteiger partial charge is 0.467 e. The molecular weight excluding hydrogens is 328 g/mol. The van der Waals surface area contributed by atoms with Gasteiger partial charge in [-0.15, -0.1) is 0 Å². The molecular formula is C17H28N2O6. The molecule has 1 aliphatic rings.